The SMILES string of the molecule is CCC1CCCCC1N[C@@H](C)c1cccs1. The topological polar surface area (TPSA) is 12.0 Å². The van der Waals surface area contributed by atoms with E-state index < -0.39 is 0 Å². The minimum Gasteiger partial charge on any atom is -0.306 e. The van der Waals surface area contributed by atoms with Gasteiger partial charge in [0.2, 0.25) is 0 Å². The van der Waals surface area contributed by atoms with Gasteiger partial charge in [-0.15, -0.1) is 11.3 Å². The summed E-state index contributed by atoms with van der Waals surface area (Å²) < 4.78 is 0. The molecule has 0 bridgehead atoms. The van der Waals surface area contributed by atoms with E-state index in [0.717, 1.165) is 12.0 Å². The third-order valence-electron chi connectivity index (χ3n) is 3.87. The highest BCUT2D eigenvalue weighted by Gasteiger charge is 2.24. The van der Waals surface area contributed by atoms with E-state index >= 15 is 0 Å². The summed E-state index contributed by atoms with van der Waals surface area (Å²) in [5, 5.41) is 6.00. The largest absolute Gasteiger partial charge is 0.306 e. The standard InChI is InChI=1S/C14H23NS/c1-3-12-7-4-5-8-13(12)15-11(2)14-9-6-10-16-14/h6,9-13,15H,3-5,7-8H2,1-2H3/t11-,12?,13?/m0/s1. The molecule has 0 aliphatic heterocycles. The highest BCUT2D eigenvalue weighted by molar-refractivity contribution is 7.10. The molecule has 0 aromatic carbocycles. The van der Waals surface area contributed by atoms with E-state index in [9.17, 15) is 0 Å². The van der Waals surface area contributed by atoms with Crippen LogP contribution in [0, 0.1) is 5.92 Å². The molecular weight excluding hydrogens is 214 g/mol. The Bertz CT molecular complexity index is 294. The van der Waals surface area contributed by atoms with Gasteiger partial charge in [0.05, 0.1) is 0 Å². The van der Waals surface area contributed by atoms with Crippen molar-refractivity contribution < 1.29 is 0 Å². The van der Waals surface area contributed by atoms with Gasteiger partial charge in [0.25, 0.3) is 0 Å². The molecule has 1 heterocycles. The lowest BCUT2D eigenvalue weighted by Crippen LogP contribution is -2.39. The van der Waals surface area contributed by atoms with Crippen LogP contribution in [0.4, 0.5) is 0 Å². The number of nitrogens with one attached hydrogen (secondary N) is 1. The molecule has 90 valence electrons. The quantitative estimate of drug-likeness (QED) is 0.820. The molecule has 1 saturated carbocycles. The summed E-state index contributed by atoms with van der Waals surface area (Å²) in [4.78, 5) is 1.47. The Labute approximate surface area is 103 Å². The molecule has 2 unspecified atom stereocenters. The molecule has 0 saturated heterocycles. The molecule has 1 aliphatic rings. The zero-order valence-electron chi connectivity index (χ0n) is 10.4. The van der Waals surface area contributed by atoms with Gasteiger partial charge in [-0.05, 0) is 37.1 Å². The first kappa shape index (κ1) is 12.1. The average Bonchev–Trinajstić information content (AvgIpc) is 2.83. The van der Waals surface area contributed by atoms with Crippen LogP contribution in [0.25, 0.3) is 0 Å². The van der Waals surface area contributed by atoms with Gasteiger partial charge in [0.15, 0.2) is 0 Å². The Morgan fingerprint density at radius 1 is 1.44 bits per heavy atom. The first-order valence-corrected chi connectivity index (χ1v) is 7.48. The van der Waals surface area contributed by atoms with Crippen molar-refractivity contribution in [2.75, 3.05) is 0 Å². The van der Waals surface area contributed by atoms with Gasteiger partial charge in [0, 0.05) is 17.0 Å². The summed E-state index contributed by atoms with van der Waals surface area (Å²) >= 11 is 1.87. The normalized spacial score (nSPS) is 27.9. The zero-order chi connectivity index (χ0) is 11.4. The van der Waals surface area contributed by atoms with E-state index in [-0.39, 0.29) is 0 Å². The Morgan fingerprint density at radius 3 is 2.94 bits per heavy atom. The van der Waals surface area contributed by atoms with Gasteiger partial charge < -0.3 is 5.32 Å². The molecule has 1 nitrogen and oxygen atoms in total. The van der Waals surface area contributed by atoms with Gasteiger partial charge in [-0.1, -0.05) is 32.3 Å². The van der Waals surface area contributed by atoms with Crippen LogP contribution in [0.5, 0.6) is 0 Å². The van der Waals surface area contributed by atoms with Crippen molar-refractivity contribution in [1.82, 2.24) is 5.32 Å². The van der Waals surface area contributed by atoms with Crippen molar-refractivity contribution in [1.29, 1.82) is 0 Å². The third-order valence-corrected chi connectivity index (χ3v) is 4.92. The highest BCUT2D eigenvalue weighted by Crippen LogP contribution is 2.29. The van der Waals surface area contributed by atoms with Gasteiger partial charge in [-0.25, -0.2) is 0 Å². The van der Waals surface area contributed by atoms with E-state index in [4.69, 9.17) is 0 Å². The third kappa shape index (κ3) is 2.86. The fourth-order valence-electron chi connectivity index (χ4n) is 2.86. The molecule has 0 radical (unpaired) electrons. The molecule has 2 rings (SSSR count). The summed E-state index contributed by atoms with van der Waals surface area (Å²) in [6.07, 6.45) is 6.96. The lowest BCUT2D eigenvalue weighted by atomic mass is 9.82. The Balaban J connectivity index is 1.92. The summed E-state index contributed by atoms with van der Waals surface area (Å²) in [5.74, 6) is 0.899. The first-order valence-electron chi connectivity index (χ1n) is 6.60. The predicted molar refractivity (Wildman–Crippen MR) is 71.9 cm³/mol. The molecule has 0 amide bonds. The van der Waals surface area contributed by atoms with Crippen LogP contribution in [-0.2, 0) is 0 Å². The van der Waals surface area contributed by atoms with Crippen LogP contribution in [0.1, 0.15) is 56.9 Å². The summed E-state index contributed by atoms with van der Waals surface area (Å²) in [6, 6.07) is 5.66. The summed E-state index contributed by atoms with van der Waals surface area (Å²) in [7, 11) is 0. The number of hydrogen-bond donors (Lipinski definition) is 1. The number of thiophene rings is 1. The van der Waals surface area contributed by atoms with Crippen molar-refractivity contribution in [3.63, 3.8) is 0 Å². The molecule has 1 aromatic heterocycles. The van der Waals surface area contributed by atoms with Crippen LogP contribution >= 0.6 is 11.3 Å². The smallest absolute Gasteiger partial charge is 0.0388 e. The molecule has 1 fully saturated rings. The fraction of sp³-hybridized carbons (Fsp3) is 0.714. The Hall–Kier alpha value is -0.340. The van der Waals surface area contributed by atoms with Crippen LogP contribution in [0.2, 0.25) is 0 Å². The minimum absolute atomic E-state index is 0.525. The number of rotatable bonds is 4. The highest BCUT2D eigenvalue weighted by atomic mass is 32.1. The van der Waals surface area contributed by atoms with Crippen LogP contribution in [-0.4, -0.2) is 6.04 Å². The van der Waals surface area contributed by atoms with Crippen molar-refractivity contribution in [2.45, 2.75) is 58.0 Å². The monoisotopic (exact) mass is 237 g/mol. The van der Waals surface area contributed by atoms with Crippen molar-refractivity contribution in [3.05, 3.63) is 22.4 Å². The summed E-state index contributed by atoms with van der Waals surface area (Å²) in [6.45, 7) is 4.63. The second kappa shape index (κ2) is 5.83. The van der Waals surface area contributed by atoms with Gasteiger partial charge in [-0.2, -0.15) is 0 Å². The Morgan fingerprint density at radius 2 is 2.25 bits per heavy atom. The van der Waals surface area contributed by atoms with Gasteiger partial charge >= 0.3 is 0 Å². The van der Waals surface area contributed by atoms with Crippen LogP contribution in [0.3, 0.4) is 0 Å². The van der Waals surface area contributed by atoms with Crippen LogP contribution < -0.4 is 5.32 Å². The maximum Gasteiger partial charge on any atom is 0.0388 e. The molecule has 0 spiro atoms. The molecule has 16 heavy (non-hydrogen) atoms. The minimum atomic E-state index is 0.525. The maximum atomic E-state index is 3.83. The van der Waals surface area contributed by atoms with E-state index in [2.05, 4.69) is 36.7 Å². The van der Waals surface area contributed by atoms with Crippen LogP contribution in [0.15, 0.2) is 17.5 Å². The van der Waals surface area contributed by atoms with Gasteiger partial charge in [-0.3, -0.25) is 0 Å². The second-order valence-corrected chi connectivity index (χ2v) is 5.94. The molecular formula is C14H23NS. The average molecular weight is 237 g/mol. The Kier molecular flexibility index (Phi) is 4.42. The zero-order valence-corrected chi connectivity index (χ0v) is 11.2. The van der Waals surface area contributed by atoms with Crippen molar-refractivity contribution in [2.24, 2.45) is 5.92 Å². The lowest BCUT2D eigenvalue weighted by Gasteiger charge is -2.33. The fourth-order valence-corrected chi connectivity index (χ4v) is 3.60. The first-order chi connectivity index (χ1) is 7.81. The molecule has 1 N–H and O–H groups in total. The van der Waals surface area contributed by atoms with Crippen molar-refractivity contribution >= 4 is 11.3 Å². The van der Waals surface area contributed by atoms with E-state index in [1.165, 1.54) is 37.0 Å². The van der Waals surface area contributed by atoms with Crippen molar-refractivity contribution in [3.8, 4) is 0 Å². The molecule has 1 aliphatic carbocycles. The second-order valence-electron chi connectivity index (χ2n) is 4.96. The van der Waals surface area contributed by atoms with E-state index in [1.807, 2.05) is 11.3 Å². The molecule has 3 atom stereocenters. The summed E-state index contributed by atoms with van der Waals surface area (Å²) in [5.41, 5.74) is 0. The lowest BCUT2D eigenvalue weighted by molar-refractivity contribution is 0.241. The van der Waals surface area contributed by atoms with E-state index in [0.29, 0.717) is 6.04 Å². The predicted octanol–water partition coefficient (Wildman–Crippen LogP) is 4.37. The van der Waals surface area contributed by atoms with Gasteiger partial charge in [0.1, 0.15) is 0 Å². The number of hydrogen-bond acceptors (Lipinski definition) is 2. The molecule has 1 aromatic rings. The van der Waals surface area contributed by atoms with E-state index in [1.54, 1.807) is 0 Å². The maximum absolute atomic E-state index is 3.83. The molecule has 2 heteroatoms.